The Balaban J connectivity index is 1.14. The summed E-state index contributed by atoms with van der Waals surface area (Å²) in [5.41, 5.74) is 2.35. The summed E-state index contributed by atoms with van der Waals surface area (Å²) in [6, 6.07) is 7.66. The summed E-state index contributed by atoms with van der Waals surface area (Å²) in [5, 5.41) is 3.87. The number of ether oxygens (including phenoxy) is 1. The van der Waals surface area contributed by atoms with Gasteiger partial charge in [0, 0.05) is 30.6 Å². The van der Waals surface area contributed by atoms with Crippen LogP contribution in [0.15, 0.2) is 30.6 Å². The lowest BCUT2D eigenvalue weighted by Crippen LogP contribution is -2.44. The van der Waals surface area contributed by atoms with E-state index in [4.69, 9.17) is 16.3 Å². The maximum atomic E-state index is 13.2. The predicted molar refractivity (Wildman–Crippen MR) is 129 cm³/mol. The molecule has 0 radical (unpaired) electrons. The number of carbonyl (C=O) groups excluding carboxylic acids is 2. The molecule has 1 atom stereocenters. The smallest absolute Gasteiger partial charge is 0.274 e. The van der Waals surface area contributed by atoms with Crippen molar-refractivity contribution in [1.82, 2.24) is 19.8 Å². The van der Waals surface area contributed by atoms with Crippen LogP contribution < -0.4 is 5.32 Å². The number of benzene rings is 1. The minimum Gasteiger partial charge on any atom is -0.365 e. The summed E-state index contributed by atoms with van der Waals surface area (Å²) < 4.78 is 8.08. The highest BCUT2D eigenvalue weighted by molar-refractivity contribution is 6.30. The van der Waals surface area contributed by atoms with Gasteiger partial charge in [0.25, 0.3) is 5.91 Å². The SMILES string of the molecule is O=C(NCC1CCCCC1)C1CCN(C(=O)c2ncn3c2CO[C@@H](c2ccc(Cl)cc2)C3)CC1. The lowest BCUT2D eigenvalue weighted by Gasteiger charge is -2.32. The molecule has 0 unspecified atom stereocenters. The number of nitrogens with one attached hydrogen (secondary N) is 1. The number of carbonyl (C=O) groups is 2. The third kappa shape index (κ3) is 5.15. The van der Waals surface area contributed by atoms with Crippen molar-refractivity contribution >= 4 is 23.4 Å². The van der Waals surface area contributed by atoms with Crippen molar-refractivity contribution in [3.05, 3.63) is 52.6 Å². The van der Waals surface area contributed by atoms with Crippen LogP contribution in [0.5, 0.6) is 0 Å². The van der Waals surface area contributed by atoms with Gasteiger partial charge in [-0.3, -0.25) is 9.59 Å². The molecule has 3 heterocycles. The van der Waals surface area contributed by atoms with Gasteiger partial charge >= 0.3 is 0 Å². The van der Waals surface area contributed by atoms with Gasteiger partial charge in [-0.25, -0.2) is 4.98 Å². The van der Waals surface area contributed by atoms with Crippen LogP contribution in [-0.2, 0) is 22.7 Å². The Hall–Kier alpha value is -2.38. The number of piperidine rings is 1. The molecule has 2 aromatic rings. The van der Waals surface area contributed by atoms with Gasteiger partial charge < -0.3 is 19.5 Å². The molecular formula is C26H33ClN4O3. The van der Waals surface area contributed by atoms with Crippen LogP contribution in [0.1, 0.15) is 72.8 Å². The average molecular weight is 485 g/mol. The van der Waals surface area contributed by atoms with Crippen molar-refractivity contribution in [3.8, 4) is 0 Å². The summed E-state index contributed by atoms with van der Waals surface area (Å²) in [6.07, 6.45) is 9.40. The number of aromatic nitrogens is 2. The van der Waals surface area contributed by atoms with Gasteiger partial charge in [0.05, 0.1) is 25.2 Å². The molecule has 0 bridgehead atoms. The molecule has 1 saturated heterocycles. The van der Waals surface area contributed by atoms with Crippen LogP contribution in [0, 0.1) is 11.8 Å². The van der Waals surface area contributed by atoms with Crippen LogP contribution in [0.2, 0.25) is 5.02 Å². The van der Waals surface area contributed by atoms with E-state index in [2.05, 4.69) is 10.3 Å². The largest absolute Gasteiger partial charge is 0.365 e. The average Bonchev–Trinajstić information content (AvgIpc) is 3.31. The van der Waals surface area contributed by atoms with Crippen LogP contribution in [0.3, 0.4) is 0 Å². The van der Waals surface area contributed by atoms with Gasteiger partial charge in [-0.15, -0.1) is 0 Å². The van der Waals surface area contributed by atoms with Crippen molar-refractivity contribution in [2.75, 3.05) is 19.6 Å². The first-order valence-corrected chi connectivity index (χ1v) is 12.9. The van der Waals surface area contributed by atoms with Crippen molar-refractivity contribution in [2.24, 2.45) is 11.8 Å². The molecule has 182 valence electrons. The van der Waals surface area contributed by atoms with Gasteiger partial charge in [0.1, 0.15) is 6.10 Å². The highest BCUT2D eigenvalue weighted by Crippen LogP contribution is 2.30. The van der Waals surface area contributed by atoms with E-state index in [1.807, 2.05) is 33.7 Å². The Morgan fingerprint density at radius 2 is 1.79 bits per heavy atom. The summed E-state index contributed by atoms with van der Waals surface area (Å²) in [6.45, 7) is 2.92. The van der Waals surface area contributed by atoms with Gasteiger partial charge in [-0.1, -0.05) is 43.0 Å². The van der Waals surface area contributed by atoms with Gasteiger partial charge in [0.15, 0.2) is 5.69 Å². The second-order valence-corrected chi connectivity index (χ2v) is 10.3. The molecule has 5 rings (SSSR count). The van der Waals surface area contributed by atoms with Crippen molar-refractivity contribution in [2.45, 2.75) is 64.2 Å². The van der Waals surface area contributed by atoms with E-state index >= 15 is 0 Å². The van der Waals surface area contributed by atoms with Crippen LogP contribution in [0.4, 0.5) is 0 Å². The zero-order valence-electron chi connectivity index (χ0n) is 19.5. The fourth-order valence-corrected chi connectivity index (χ4v) is 5.59. The van der Waals surface area contributed by atoms with Crippen molar-refractivity contribution in [1.29, 1.82) is 0 Å². The fraction of sp³-hybridized carbons (Fsp3) is 0.577. The van der Waals surface area contributed by atoms with Gasteiger partial charge in [-0.2, -0.15) is 0 Å². The third-order valence-electron chi connectivity index (χ3n) is 7.62. The first kappa shape index (κ1) is 23.4. The number of rotatable bonds is 5. The molecule has 34 heavy (non-hydrogen) atoms. The van der Waals surface area contributed by atoms with E-state index in [1.165, 1.54) is 32.1 Å². The number of nitrogens with zero attached hydrogens (tertiary/aromatic N) is 3. The highest BCUT2D eigenvalue weighted by Gasteiger charge is 2.32. The Labute approximate surface area is 205 Å². The first-order chi connectivity index (χ1) is 16.6. The van der Waals surface area contributed by atoms with Gasteiger partial charge in [0.2, 0.25) is 5.91 Å². The molecule has 2 amide bonds. The molecule has 1 N–H and O–H groups in total. The van der Waals surface area contributed by atoms with E-state index in [9.17, 15) is 9.59 Å². The quantitative estimate of drug-likeness (QED) is 0.684. The van der Waals surface area contributed by atoms with E-state index < -0.39 is 0 Å². The molecule has 8 heteroatoms. The molecule has 1 saturated carbocycles. The molecule has 3 aliphatic rings. The number of likely N-dealkylation sites (tertiary alicyclic amines) is 1. The fourth-order valence-electron chi connectivity index (χ4n) is 5.46. The van der Waals surface area contributed by atoms with E-state index in [-0.39, 0.29) is 23.8 Å². The second-order valence-electron chi connectivity index (χ2n) is 9.86. The number of fused-ring (bicyclic) bond motifs is 1. The lowest BCUT2D eigenvalue weighted by molar-refractivity contribution is -0.126. The highest BCUT2D eigenvalue weighted by atomic mass is 35.5. The third-order valence-corrected chi connectivity index (χ3v) is 7.87. The summed E-state index contributed by atoms with van der Waals surface area (Å²) >= 11 is 6.00. The summed E-state index contributed by atoms with van der Waals surface area (Å²) in [4.78, 5) is 32.1. The standard InChI is InChI=1S/C26H33ClN4O3/c27-21-8-6-19(7-9-21)23-15-31-17-29-24(22(31)16-34-23)26(33)30-12-10-20(11-13-30)25(32)28-14-18-4-2-1-3-5-18/h6-9,17-18,20,23H,1-5,10-16H2,(H,28,32)/t23-/m1/s1. The number of amides is 2. The van der Waals surface area contributed by atoms with Crippen LogP contribution >= 0.6 is 11.6 Å². The molecular weight excluding hydrogens is 452 g/mol. The Kier molecular flexibility index (Phi) is 7.21. The van der Waals surface area contributed by atoms with Crippen molar-refractivity contribution < 1.29 is 14.3 Å². The van der Waals surface area contributed by atoms with Crippen LogP contribution in [0.25, 0.3) is 0 Å². The predicted octanol–water partition coefficient (Wildman–Crippen LogP) is 4.36. The summed E-state index contributed by atoms with van der Waals surface area (Å²) in [5.74, 6) is 0.710. The number of hydrogen-bond acceptors (Lipinski definition) is 4. The summed E-state index contributed by atoms with van der Waals surface area (Å²) in [7, 11) is 0. The number of imidazole rings is 1. The maximum Gasteiger partial charge on any atom is 0.274 e. The minimum absolute atomic E-state index is 0.00739. The zero-order valence-corrected chi connectivity index (χ0v) is 20.3. The number of halogens is 1. The Bertz CT molecular complexity index is 1010. The molecule has 2 fully saturated rings. The Morgan fingerprint density at radius 3 is 2.53 bits per heavy atom. The minimum atomic E-state index is -0.0928. The topological polar surface area (TPSA) is 76.5 Å². The van der Waals surface area contributed by atoms with Crippen LogP contribution in [-0.4, -0.2) is 45.9 Å². The van der Waals surface area contributed by atoms with Gasteiger partial charge in [-0.05, 0) is 49.3 Å². The normalized spacial score (nSPS) is 21.8. The van der Waals surface area contributed by atoms with Crippen molar-refractivity contribution in [3.63, 3.8) is 0 Å². The van der Waals surface area contributed by atoms with E-state index in [0.717, 1.165) is 17.8 Å². The molecule has 1 aliphatic carbocycles. The lowest BCUT2D eigenvalue weighted by atomic mass is 9.89. The molecule has 1 aromatic carbocycles. The number of hydrogen-bond donors (Lipinski definition) is 1. The monoisotopic (exact) mass is 484 g/mol. The molecule has 0 spiro atoms. The second kappa shape index (κ2) is 10.5. The maximum absolute atomic E-state index is 13.2. The molecule has 7 nitrogen and oxygen atoms in total. The van der Waals surface area contributed by atoms with E-state index in [1.54, 1.807) is 6.33 Å². The Morgan fingerprint density at radius 1 is 1.06 bits per heavy atom. The first-order valence-electron chi connectivity index (χ1n) is 12.6. The van der Waals surface area contributed by atoms with E-state index in [0.29, 0.717) is 55.7 Å². The molecule has 2 aliphatic heterocycles. The molecule has 1 aromatic heterocycles. The zero-order chi connectivity index (χ0) is 23.5.